The summed E-state index contributed by atoms with van der Waals surface area (Å²) in [7, 11) is 0. The van der Waals surface area contributed by atoms with Crippen LogP contribution in [-0.4, -0.2) is 33.1 Å². The molecule has 0 bridgehead atoms. The van der Waals surface area contributed by atoms with Crippen LogP contribution in [-0.2, 0) is 4.79 Å². The van der Waals surface area contributed by atoms with Gasteiger partial charge in [0.05, 0.1) is 18.2 Å². The number of aromatic nitrogens is 3. The Bertz CT molecular complexity index is 884. The summed E-state index contributed by atoms with van der Waals surface area (Å²) in [6, 6.07) is 9.44. The Labute approximate surface area is 154 Å². The second kappa shape index (κ2) is 8.34. The molecule has 0 aliphatic carbocycles. The molecule has 8 nitrogen and oxygen atoms in total. The van der Waals surface area contributed by atoms with E-state index in [4.69, 9.17) is 4.42 Å². The number of para-hydroxylation sites is 1. The summed E-state index contributed by atoms with van der Waals surface area (Å²) in [6.45, 7) is 3.93. The molecule has 3 aromatic rings. The average molecular weight is 370 g/mol. The maximum atomic E-state index is 12.2. The van der Waals surface area contributed by atoms with Crippen LogP contribution in [0, 0.1) is 13.8 Å². The van der Waals surface area contributed by atoms with Gasteiger partial charge in [0.15, 0.2) is 0 Å². The number of thioether (sulfide) groups is 1. The van der Waals surface area contributed by atoms with Gasteiger partial charge < -0.3 is 9.73 Å². The Morgan fingerprint density at radius 1 is 1.31 bits per heavy atom. The van der Waals surface area contributed by atoms with Gasteiger partial charge in [-0.05, 0) is 37.1 Å². The van der Waals surface area contributed by atoms with Crippen molar-refractivity contribution in [3.05, 3.63) is 53.5 Å². The first kappa shape index (κ1) is 17.7. The van der Waals surface area contributed by atoms with Crippen LogP contribution < -0.4 is 10.7 Å². The van der Waals surface area contributed by atoms with Gasteiger partial charge in [-0.3, -0.25) is 4.79 Å². The lowest BCUT2D eigenvalue weighted by Crippen LogP contribution is -2.15. The summed E-state index contributed by atoms with van der Waals surface area (Å²) in [5.74, 6) is 1.10. The second-order valence-electron chi connectivity index (χ2n) is 5.46. The fourth-order valence-electron chi connectivity index (χ4n) is 2.20. The zero-order valence-electron chi connectivity index (χ0n) is 14.3. The molecule has 0 saturated heterocycles. The minimum Gasteiger partial charge on any atom is -0.463 e. The molecule has 2 aromatic heterocycles. The number of hydrazone groups is 1. The number of aromatic amines is 1. The van der Waals surface area contributed by atoms with E-state index in [2.05, 4.69) is 31.0 Å². The fraction of sp³-hybridized carbons (Fsp3) is 0.176. The summed E-state index contributed by atoms with van der Waals surface area (Å²) in [6.07, 6.45) is 3.08. The zero-order valence-corrected chi connectivity index (χ0v) is 15.1. The van der Waals surface area contributed by atoms with Crippen molar-refractivity contribution in [3.8, 4) is 0 Å². The van der Waals surface area contributed by atoms with E-state index < -0.39 is 0 Å². The largest absolute Gasteiger partial charge is 0.463 e. The minimum absolute atomic E-state index is 0.109. The lowest BCUT2D eigenvalue weighted by molar-refractivity contribution is -0.113. The molecule has 26 heavy (non-hydrogen) atoms. The third kappa shape index (κ3) is 4.73. The average Bonchev–Trinajstić information content (AvgIpc) is 3.29. The summed E-state index contributed by atoms with van der Waals surface area (Å²) < 4.78 is 5.12. The van der Waals surface area contributed by atoms with Crippen LogP contribution >= 0.6 is 11.8 Å². The van der Waals surface area contributed by atoms with Crippen LogP contribution in [0.2, 0.25) is 0 Å². The predicted molar refractivity (Wildman–Crippen MR) is 102 cm³/mol. The molecule has 2 heterocycles. The number of furan rings is 1. The second-order valence-corrected chi connectivity index (χ2v) is 6.40. The van der Waals surface area contributed by atoms with Crippen molar-refractivity contribution in [2.75, 3.05) is 16.5 Å². The molecular weight excluding hydrogens is 352 g/mol. The molecule has 0 saturated carbocycles. The van der Waals surface area contributed by atoms with E-state index in [0.29, 0.717) is 16.9 Å². The van der Waals surface area contributed by atoms with Gasteiger partial charge in [0.2, 0.25) is 17.0 Å². The number of benzene rings is 1. The number of nitrogens with one attached hydrogen (secondary N) is 3. The Hall–Kier alpha value is -3.07. The van der Waals surface area contributed by atoms with Crippen molar-refractivity contribution in [2.24, 2.45) is 5.10 Å². The highest BCUT2D eigenvalue weighted by Gasteiger charge is 2.10. The topological polar surface area (TPSA) is 108 Å². The maximum absolute atomic E-state index is 12.2. The Morgan fingerprint density at radius 2 is 2.12 bits per heavy atom. The van der Waals surface area contributed by atoms with Crippen molar-refractivity contribution in [1.82, 2.24) is 15.2 Å². The van der Waals surface area contributed by atoms with Crippen LogP contribution in [0.5, 0.6) is 0 Å². The van der Waals surface area contributed by atoms with E-state index in [1.807, 2.05) is 32.0 Å². The van der Waals surface area contributed by atoms with Crippen molar-refractivity contribution >= 4 is 35.5 Å². The van der Waals surface area contributed by atoms with Crippen molar-refractivity contribution < 1.29 is 9.21 Å². The predicted octanol–water partition coefficient (Wildman–Crippen LogP) is 3.19. The van der Waals surface area contributed by atoms with Crippen molar-refractivity contribution in [2.45, 2.75) is 19.0 Å². The molecule has 3 N–H and O–H groups in total. The van der Waals surface area contributed by atoms with Gasteiger partial charge in [0.25, 0.3) is 0 Å². The highest BCUT2D eigenvalue weighted by atomic mass is 32.2. The highest BCUT2D eigenvalue weighted by Crippen LogP contribution is 2.20. The Balaban J connectivity index is 1.49. The number of rotatable bonds is 7. The van der Waals surface area contributed by atoms with Gasteiger partial charge in [0.1, 0.15) is 5.76 Å². The highest BCUT2D eigenvalue weighted by molar-refractivity contribution is 7.99. The van der Waals surface area contributed by atoms with Gasteiger partial charge >= 0.3 is 0 Å². The zero-order chi connectivity index (χ0) is 18.4. The summed E-state index contributed by atoms with van der Waals surface area (Å²) in [5.41, 5.74) is 5.62. The number of hydrogen-bond acceptors (Lipinski definition) is 7. The molecule has 1 amide bonds. The molecule has 0 spiro atoms. The van der Waals surface area contributed by atoms with Gasteiger partial charge in [-0.25, -0.2) is 10.5 Å². The minimum atomic E-state index is -0.109. The summed E-state index contributed by atoms with van der Waals surface area (Å²) >= 11 is 1.24. The number of hydrogen-bond donors (Lipinski definition) is 3. The first-order chi connectivity index (χ1) is 12.6. The lowest BCUT2D eigenvalue weighted by Gasteiger charge is -2.10. The van der Waals surface area contributed by atoms with E-state index >= 15 is 0 Å². The number of carbonyl (C=O) groups excluding carboxylic acids is 1. The molecule has 3 rings (SSSR count). The molecule has 0 aliphatic rings. The number of H-pyrrole nitrogens is 1. The first-order valence-electron chi connectivity index (χ1n) is 7.85. The van der Waals surface area contributed by atoms with Crippen LogP contribution in [0.15, 0.2) is 51.3 Å². The quantitative estimate of drug-likeness (QED) is 0.335. The van der Waals surface area contributed by atoms with E-state index in [9.17, 15) is 4.79 Å². The van der Waals surface area contributed by atoms with E-state index in [0.717, 1.165) is 16.8 Å². The maximum Gasteiger partial charge on any atom is 0.240 e. The van der Waals surface area contributed by atoms with E-state index in [-0.39, 0.29) is 11.7 Å². The third-order valence-electron chi connectivity index (χ3n) is 3.45. The fourth-order valence-corrected chi connectivity index (χ4v) is 2.80. The van der Waals surface area contributed by atoms with Gasteiger partial charge in [0, 0.05) is 5.69 Å². The number of nitrogens with zero attached hydrogens (tertiary/aromatic N) is 3. The summed E-state index contributed by atoms with van der Waals surface area (Å²) in [4.78, 5) is 16.4. The molecule has 134 valence electrons. The lowest BCUT2D eigenvalue weighted by atomic mass is 10.1. The summed E-state index contributed by atoms with van der Waals surface area (Å²) in [5, 5.41) is 14.1. The molecule has 0 unspecified atom stereocenters. The molecule has 0 fully saturated rings. The van der Waals surface area contributed by atoms with Crippen LogP contribution in [0.3, 0.4) is 0 Å². The number of carbonyl (C=O) groups is 1. The smallest absolute Gasteiger partial charge is 0.240 e. The first-order valence-corrected chi connectivity index (χ1v) is 8.84. The molecular formula is C17H18N6O2S. The normalized spacial score (nSPS) is 11.0. The SMILES string of the molecule is Cc1cccc(C)c1NC(=O)CSc1n[nH]c(N/N=C\c2ccco2)n1. The number of anilines is 2. The Morgan fingerprint density at radius 3 is 2.85 bits per heavy atom. The third-order valence-corrected chi connectivity index (χ3v) is 4.30. The molecule has 1 aromatic carbocycles. The van der Waals surface area contributed by atoms with Gasteiger partial charge in [-0.1, -0.05) is 30.0 Å². The van der Waals surface area contributed by atoms with Crippen molar-refractivity contribution in [3.63, 3.8) is 0 Å². The monoisotopic (exact) mass is 370 g/mol. The number of amides is 1. The molecule has 9 heteroatoms. The molecule has 0 atom stereocenters. The Kier molecular flexibility index (Phi) is 5.69. The van der Waals surface area contributed by atoms with Crippen LogP contribution in [0.4, 0.5) is 11.6 Å². The van der Waals surface area contributed by atoms with E-state index in [1.165, 1.54) is 18.0 Å². The van der Waals surface area contributed by atoms with Gasteiger partial charge in [-0.2, -0.15) is 10.1 Å². The van der Waals surface area contributed by atoms with Crippen LogP contribution in [0.25, 0.3) is 0 Å². The number of aryl methyl sites for hydroxylation is 2. The standard InChI is InChI=1S/C17H18N6O2S/c1-11-5-3-6-12(2)15(11)19-14(24)10-26-17-20-16(22-23-17)21-18-9-13-7-4-8-25-13/h3-9H,10H2,1-2H3,(H,19,24)(H2,20,21,22,23)/b18-9-. The molecule has 0 aliphatic heterocycles. The molecule has 0 radical (unpaired) electrons. The van der Waals surface area contributed by atoms with Crippen molar-refractivity contribution in [1.29, 1.82) is 0 Å². The van der Waals surface area contributed by atoms with Gasteiger partial charge in [-0.15, -0.1) is 5.10 Å². The van der Waals surface area contributed by atoms with Crippen LogP contribution in [0.1, 0.15) is 16.9 Å². The van der Waals surface area contributed by atoms with E-state index in [1.54, 1.807) is 18.4 Å².